The first-order chi connectivity index (χ1) is 8.13. The molecule has 0 aliphatic heterocycles. The summed E-state index contributed by atoms with van der Waals surface area (Å²) in [5.74, 6) is 0.108. The molecule has 1 heterocycles. The molecule has 5 nitrogen and oxygen atoms in total. The average molecular weight is 240 g/mol. The fraction of sp³-hybridized carbons (Fsp3) is 0.583. The number of aromatic nitrogens is 1. The number of aliphatic hydroxyl groups excluding tert-OH is 2. The predicted octanol–water partition coefficient (Wildman–Crippen LogP) is 0.448. The predicted molar refractivity (Wildman–Crippen MR) is 64.6 cm³/mol. The van der Waals surface area contributed by atoms with Crippen molar-refractivity contribution in [1.29, 1.82) is 0 Å². The van der Waals surface area contributed by atoms with Crippen molar-refractivity contribution in [2.24, 2.45) is 0 Å². The Balaban J connectivity index is 2.85. The molecule has 0 aliphatic carbocycles. The van der Waals surface area contributed by atoms with Gasteiger partial charge < -0.3 is 20.6 Å². The van der Waals surface area contributed by atoms with E-state index in [-0.39, 0.29) is 25.0 Å². The van der Waals surface area contributed by atoms with E-state index >= 15 is 0 Å². The second kappa shape index (κ2) is 6.54. The van der Waals surface area contributed by atoms with Gasteiger partial charge in [-0.25, -0.2) is 0 Å². The minimum atomic E-state index is -0.159. The van der Waals surface area contributed by atoms with E-state index in [1.165, 1.54) is 0 Å². The van der Waals surface area contributed by atoms with Gasteiger partial charge in [-0.3, -0.25) is 4.98 Å². The maximum atomic E-state index is 9.89. The lowest BCUT2D eigenvalue weighted by atomic mass is 10.1. The second-order valence-electron chi connectivity index (χ2n) is 4.02. The summed E-state index contributed by atoms with van der Waals surface area (Å²) >= 11 is 0. The normalized spacial score (nSPS) is 12.7. The van der Waals surface area contributed by atoms with Gasteiger partial charge in [0.25, 0.3) is 0 Å². The molecular weight excluding hydrogens is 220 g/mol. The number of aliphatic hydroxyl groups is 2. The van der Waals surface area contributed by atoms with Crippen LogP contribution in [0.4, 0.5) is 0 Å². The molecule has 0 saturated heterocycles. The fourth-order valence-electron chi connectivity index (χ4n) is 1.60. The quantitative estimate of drug-likeness (QED) is 0.580. The average Bonchev–Trinajstić information content (AvgIpc) is 2.35. The molecular formula is C12H20N2O3. The molecule has 0 aromatic carbocycles. The van der Waals surface area contributed by atoms with Crippen molar-refractivity contribution >= 4 is 0 Å². The van der Waals surface area contributed by atoms with Crippen LogP contribution in [0.25, 0.3) is 0 Å². The molecule has 0 amide bonds. The number of aryl methyl sites for hydroxylation is 1. The Morgan fingerprint density at radius 2 is 2.12 bits per heavy atom. The van der Waals surface area contributed by atoms with Gasteiger partial charge in [0.2, 0.25) is 0 Å². The highest BCUT2D eigenvalue weighted by Gasteiger charge is 2.12. The number of hydrogen-bond acceptors (Lipinski definition) is 5. The smallest absolute Gasteiger partial charge is 0.141 e. The largest absolute Gasteiger partial charge is 0.506 e. The number of aromatic hydroxyl groups is 1. The van der Waals surface area contributed by atoms with Crippen LogP contribution in [0, 0.1) is 6.92 Å². The summed E-state index contributed by atoms with van der Waals surface area (Å²) in [5, 5.41) is 31.3. The lowest BCUT2D eigenvalue weighted by Gasteiger charge is -2.17. The van der Waals surface area contributed by atoms with Gasteiger partial charge in [-0.2, -0.15) is 0 Å². The van der Waals surface area contributed by atoms with Crippen molar-refractivity contribution in [2.45, 2.75) is 39.5 Å². The van der Waals surface area contributed by atoms with Gasteiger partial charge in [0.15, 0.2) is 0 Å². The van der Waals surface area contributed by atoms with E-state index in [2.05, 4.69) is 10.3 Å². The first kappa shape index (κ1) is 13.9. The van der Waals surface area contributed by atoms with Crippen LogP contribution in [-0.4, -0.2) is 33.0 Å². The molecule has 0 unspecified atom stereocenters. The van der Waals surface area contributed by atoms with Crippen molar-refractivity contribution in [3.63, 3.8) is 0 Å². The molecule has 1 atom stereocenters. The van der Waals surface area contributed by atoms with Crippen LogP contribution in [0.1, 0.15) is 30.2 Å². The third-order valence-electron chi connectivity index (χ3n) is 2.88. The molecule has 0 bridgehead atoms. The lowest BCUT2D eigenvalue weighted by Crippen LogP contribution is -2.31. The van der Waals surface area contributed by atoms with E-state index < -0.39 is 0 Å². The van der Waals surface area contributed by atoms with Gasteiger partial charge in [0.1, 0.15) is 5.75 Å². The maximum absolute atomic E-state index is 9.89. The number of pyridine rings is 1. The Labute approximate surface area is 101 Å². The molecule has 0 aliphatic rings. The van der Waals surface area contributed by atoms with Crippen LogP contribution in [0.15, 0.2) is 6.20 Å². The van der Waals surface area contributed by atoms with Gasteiger partial charge >= 0.3 is 0 Å². The molecule has 96 valence electrons. The third-order valence-corrected chi connectivity index (χ3v) is 2.88. The van der Waals surface area contributed by atoms with E-state index in [9.17, 15) is 10.2 Å². The van der Waals surface area contributed by atoms with Gasteiger partial charge in [0, 0.05) is 29.9 Å². The topological polar surface area (TPSA) is 85.6 Å². The van der Waals surface area contributed by atoms with Crippen molar-refractivity contribution < 1.29 is 15.3 Å². The standard InChI is InChI=1S/C12H20N2O3/c1-3-10(7-16)14-5-11-9(6-15)4-13-8(2)12(11)17/h4,10,14-17H,3,5-7H2,1-2H3/t10-/m0/s1. The summed E-state index contributed by atoms with van der Waals surface area (Å²) in [6, 6.07) is -0.00517. The third kappa shape index (κ3) is 3.39. The van der Waals surface area contributed by atoms with Crippen LogP contribution < -0.4 is 5.32 Å². The highest BCUT2D eigenvalue weighted by atomic mass is 16.3. The summed E-state index contributed by atoms with van der Waals surface area (Å²) < 4.78 is 0. The van der Waals surface area contributed by atoms with Gasteiger partial charge in [-0.05, 0) is 13.3 Å². The number of nitrogens with zero attached hydrogens (tertiary/aromatic N) is 1. The molecule has 0 fully saturated rings. The Morgan fingerprint density at radius 1 is 1.41 bits per heavy atom. The van der Waals surface area contributed by atoms with E-state index in [0.29, 0.717) is 23.4 Å². The molecule has 1 aromatic rings. The summed E-state index contributed by atoms with van der Waals surface area (Å²) in [6.07, 6.45) is 2.36. The van der Waals surface area contributed by atoms with Gasteiger partial charge in [0.05, 0.1) is 18.9 Å². The van der Waals surface area contributed by atoms with E-state index in [0.717, 1.165) is 6.42 Å². The summed E-state index contributed by atoms with van der Waals surface area (Å²) in [4.78, 5) is 3.99. The Bertz CT molecular complexity index is 365. The zero-order valence-corrected chi connectivity index (χ0v) is 10.3. The number of hydrogen-bond donors (Lipinski definition) is 4. The number of nitrogens with one attached hydrogen (secondary N) is 1. The van der Waals surface area contributed by atoms with Crippen LogP contribution in [0.3, 0.4) is 0 Å². The van der Waals surface area contributed by atoms with E-state index in [1.54, 1.807) is 13.1 Å². The minimum Gasteiger partial charge on any atom is -0.506 e. The summed E-state index contributed by atoms with van der Waals surface area (Å²) in [7, 11) is 0. The first-order valence-corrected chi connectivity index (χ1v) is 5.75. The van der Waals surface area contributed by atoms with Gasteiger partial charge in [-0.15, -0.1) is 0 Å². The molecule has 17 heavy (non-hydrogen) atoms. The molecule has 0 radical (unpaired) electrons. The molecule has 0 saturated carbocycles. The highest BCUT2D eigenvalue weighted by molar-refractivity contribution is 5.40. The first-order valence-electron chi connectivity index (χ1n) is 5.75. The van der Waals surface area contributed by atoms with E-state index in [1.807, 2.05) is 6.92 Å². The summed E-state index contributed by atoms with van der Waals surface area (Å²) in [6.45, 7) is 3.98. The van der Waals surface area contributed by atoms with Crippen molar-refractivity contribution in [3.05, 3.63) is 23.0 Å². The minimum absolute atomic E-state index is 0.00517. The monoisotopic (exact) mass is 240 g/mol. The van der Waals surface area contributed by atoms with Crippen LogP contribution in [-0.2, 0) is 13.2 Å². The Morgan fingerprint density at radius 3 is 2.65 bits per heavy atom. The lowest BCUT2D eigenvalue weighted by molar-refractivity contribution is 0.237. The van der Waals surface area contributed by atoms with Crippen LogP contribution >= 0.6 is 0 Å². The Hall–Kier alpha value is -1.17. The van der Waals surface area contributed by atoms with Crippen molar-refractivity contribution in [1.82, 2.24) is 10.3 Å². The molecule has 1 aromatic heterocycles. The Kier molecular flexibility index (Phi) is 5.34. The SMILES string of the molecule is CC[C@@H](CO)NCc1c(CO)cnc(C)c1O. The molecule has 5 heteroatoms. The van der Waals surface area contributed by atoms with Crippen LogP contribution in [0.5, 0.6) is 5.75 Å². The fourth-order valence-corrected chi connectivity index (χ4v) is 1.60. The van der Waals surface area contributed by atoms with E-state index in [4.69, 9.17) is 5.11 Å². The summed E-state index contributed by atoms with van der Waals surface area (Å²) in [5.41, 5.74) is 1.79. The van der Waals surface area contributed by atoms with Crippen molar-refractivity contribution in [2.75, 3.05) is 6.61 Å². The van der Waals surface area contributed by atoms with Gasteiger partial charge in [-0.1, -0.05) is 6.92 Å². The molecule has 4 N–H and O–H groups in total. The zero-order chi connectivity index (χ0) is 12.8. The molecule has 1 rings (SSSR count). The van der Waals surface area contributed by atoms with Crippen molar-refractivity contribution in [3.8, 4) is 5.75 Å². The number of rotatable bonds is 6. The zero-order valence-electron chi connectivity index (χ0n) is 10.3. The second-order valence-corrected chi connectivity index (χ2v) is 4.02. The highest BCUT2D eigenvalue weighted by Crippen LogP contribution is 2.23. The molecule has 0 spiro atoms. The van der Waals surface area contributed by atoms with Crippen LogP contribution in [0.2, 0.25) is 0 Å². The maximum Gasteiger partial charge on any atom is 0.141 e.